The summed E-state index contributed by atoms with van der Waals surface area (Å²) in [6.07, 6.45) is 2.49. The third-order valence-corrected chi connectivity index (χ3v) is 2.38. The van der Waals surface area contributed by atoms with Crippen LogP contribution in [0.3, 0.4) is 0 Å². The summed E-state index contributed by atoms with van der Waals surface area (Å²) in [6, 6.07) is -0.321. The van der Waals surface area contributed by atoms with E-state index in [0.717, 1.165) is 5.56 Å². The van der Waals surface area contributed by atoms with Gasteiger partial charge in [-0.05, 0) is 25.0 Å². The minimum absolute atomic E-state index is 0.190. The number of hydrogen-bond donors (Lipinski definition) is 4. The minimum Gasteiger partial charge on any atom is -0.481 e. The molecule has 8 nitrogen and oxygen atoms in total. The van der Waals surface area contributed by atoms with Crippen LogP contribution in [0.15, 0.2) is 18.5 Å². The predicted molar refractivity (Wildman–Crippen MR) is 69.4 cm³/mol. The number of rotatable bonds is 6. The Hall–Kier alpha value is -2.64. The molecule has 1 aromatic rings. The lowest BCUT2D eigenvalue weighted by Gasteiger charge is -2.14. The molecule has 1 heterocycles. The first-order valence-electron chi connectivity index (χ1n) is 5.82. The Labute approximate surface area is 114 Å². The molecular formula is C12H15N3O5. The Balaban J connectivity index is 2.57. The number of hydrogen-bond acceptors (Lipinski definition) is 4. The summed E-state index contributed by atoms with van der Waals surface area (Å²) in [6.45, 7) is 1.79. The van der Waals surface area contributed by atoms with Crippen LogP contribution in [0, 0.1) is 6.92 Å². The summed E-state index contributed by atoms with van der Waals surface area (Å²) in [5, 5.41) is 22.0. The van der Waals surface area contributed by atoms with Crippen LogP contribution >= 0.6 is 0 Å². The number of carboxylic acid groups (broad SMARTS) is 2. The van der Waals surface area contributed by atoms with Gasteiger partial charge in [-0.1, -0.05) is 0 Å². The van der Waals surface area contributed by atoms with Crippen molar-refractivity contribution in [3.63, 3.8) is 0 Å². The Morgan fingerprint density at radius 2 is 2.00 bits per heavy atom. The average Bonchev–Trinajstić information content (AvgIpc) is 2.33. The zero-order valence-corrected chi connectivity index (χ0v) is 10.8. The van der Waals surface area contributed by atoms with Crippen LogP contribution in [0.4, 0.5) is 10.5 Å². The van der Waals surface area contributed by atoms with Crippen LogP contribution in [-0.2, 0) is 9.59 Å². The molecule has 2 amide bonds. The third kappa shape index (κ3) is 5.34. The molecular weight excluding hydrogens is 266 g/mol. The summed E-state index contributed by atoms with van der Waals surface area (Å²) in [4.78, 5) is 36.8. The smallest absolute Gasteiger partial charge is 0.326 e. The van der Waals surface area contributed by atoms with E-state index in [4.69, 9.17) is 10.2 Å². The highest BCUT2D eigenvalue weighted by atomic mass is 16.4. The lowest BCUT2D eigenvalue weighted by Crippen LogP contribution is -2.43. The number of urea groups is 1. The SMILES string of the molecule is Cc1cncc(NC(=O)NC(CCC(=O)O)C(=O)O)c1. The van der Waals surface area contributed by atoms with E-state index in [1.807, 2.05) is 0 Å². The zero-order chi connectivity index (χ0) is 15.1. The molecule has 8 heteroatoms. The van der Waals surface area contributed by atoms with Crippen molar-refractivity contribution in [3.8, 4) is 0 Å². The van der Waals surface area contributed by atoms with Gasteiger partial charge in [0, 0.05) is 12.6 Å². The van der Waals surface area contributed by atoms with Gasteiger partial charge in [-0.15, -0.1) is 0 Å². The second-order valence-corrected chi connectivity index (χ2v) is 4.17. The molecule has 4 N–H and O–H groups in total. The molecule has 1 rings (SSSR count). The Kier molecular flexibility index (Phi) is 5.45. The van der Waals surface area contributed by atoms with E-state index >= 15 is 0 Å². The molecule has 0 saturated heterocycles. The Morgan fingerprint density at radius 1 is 1.30 bits per heavy atom. The number of pyridine rings is 1. The van der Waals surface area contributed by atoms with Gasteiger partial charge < -0.3 is 20.8 Å². The van der Waals surface area contributed by atoms with Gasteiger partial charge in [-0.25, -0.2) is 9.59 Å². The van der Waals surface area contributed by atoms with Crippen LogP contribution in [0.5, 0.6) is 0 Å². The van der Waals surface area contributed by atoms with E-state index < -0.39 is 24.0 Å². The van der Waals surface area contributed by atoms with Crippen molar-refractivity contribution in [2.24, 2.45) is 0 Å². The highest BCUT2D eigenvalue weighted by Crippen LogP contribution is 2.07. The Bertz CT molecular complexity index is 518. The highest BCUT2D eigenvalue weighted by molar-refractivity contribution is 5.92. The number of aliphatic carboxylic acids is 2. The van der Waals surface area contributed by atoms with Crippen molar-refractivity contribution in [1.29, 1.82) is 0 Å². The lowest BCUT2D eigenvalue weighted by atomic mass is 10.1. The number of carbonyl (C=O) groups excluding carboxylic acids is 1. The normalized spacial score (nSPS) is 11.4. The van der Waals surface area contributed by atoms with Gasteiger partial charge in [-0.2, -0.15) is 0 Å². The number of amides is 2. The largest absolute Gasteiger partial charge is 0.481 e. The fourth-order valence-corrected chi connectivity index (χ4v) is 1.47. The van der Waals surface area contributed by atoms with Crippen LogP contribution in [0.1, 0.15) is 18.4 Å². The van der Waals surface area contributed by atoms with E-state index in [0.29, 0.717) is 5.69 Å². The molecule has 0 aliphatic heterocycles. The molecule has 0 fully saturated rings. The van der Waals surface area contributed by atoms with Gasteiger partial charge >= 0.3 is 18.0 Å². The molecule has 0 saturated carbocycles. The molecule has 0 bridgehead atoms. The van der Waals surface area contributed by atoms with Gasteiger partial charge in [0.05, 0.1) is 11.9 Å². The molecule has 1 aromatic heterocycles. The number of carbonyl (C=O) groups is 3. The topological polar surface area (TPSA) is 129 Å². The van der Waals surface area contributed by atoms with Crippen LogP contribution in [0.2, 0.25) is 0 Å². The molecule has 108 valence electrons. The van der Waals surface area contributed by atoms with Crippen LogP contribution in [0.25, 0.3) is 0 Å². The van der Waals surface area contributed by atoms with Gasteiger partial charge in [0.15, 0.2) is 0 Å². The average molecular weight is 281 g/mol. The summed E-state index contributed by atoms with van der Waals surface area (Å²) in [7, 11) is 0. The fraction of sp³-hybridized carbons (Fsp3) is 0.333. The first-order chi connectivity index (χ1) is 9.38. The Morgan fingerprint density at radius 3 is 2.55 bits per heavy atom. The van der Waals surface area contributed by atoms with Crippen molar-refractivity contribution in [3.05, 3.63) is 24.0 Å². The number of nitrogens with zero attached hydrogens (tertiary/aromatic N) is 1. The standard InChI is InChI=1S/C12H15N3O5/c1-7-4-8(6-13-5-7)14-12(20)15-9(11(18)19)2-3-10(16)17/h4-6,9H,2-3H2,1H3,(H,16,17)(H,18,19)(H2,14,15,20). The maximum atomic E-state index is 11.6. The van der Waals surface area contributed by atoms with Crippen molar-refractivity contribution in [2.75, 3.05) is 5.32 Å². The summed E-state index contributed by atoms with van der Waals surface area (Å²) in [5.74, 6) is -2.41. The van der Waals surface area contributed by atoms with Gasteiger partial charge in [0.1, 0.15) is 6.04 Å². The van der Waals surface area contributed by atoms with Gasteiger partial charge in [0.2, 0.25) is 0 Å². The van der Waals surface area contributed by atoms with Gasteiger partial charge in [0.25, 0.3) is 0 Å². The zero-order valence-electron chi connectivity index (χ0n) is 10.8. The number of aromatic nitrogens is 1. The molecule has 1 unspecified atom stereocenters. The van der Waals surface area contributed by atoms with Crippen molar-refractivity contribution < 1.29 is 24.6 Å². The molecule has 0 aliphatic carbocycles. The number of nitrogens with one attached hydrogen (secondary N) is 2. The molecule has 0 radical (unpaired) electrons. The van der Waals surface area contributed by atoms with E-state index in [9.17, 15) is 14.4 Å². The summed E-state index contributed by atoms with van der Waals surface area (Å²) < 4.78 is 0. The molecule has 1 atom stereocenters. The van der Waals surface area contributed by atoms with E-state index in [1.165, 1.54) is 6.20 Å². The highest BCUT2D eigenvalue weighted by Gasteiger charge is 2.20. The molecule has 0 spiro atoms. The monoisotopic (exact) mass is 281 g/mol. The quantitative estimate of drug-likeness (QED) is 0.611. The van der Waals surface area contributed by atoms with E-state index in [-0.39, 0.29) is 12.8 Å². The summed E-state index contributed by atoms with van der Waals surface area (Å²) in [5.41, 5.74) is 1.26. The number of anilines is 1. The summed E-state index contributed by atoms with van der Waals surface area (Å²) >= 11 is 0. The van der Waals surface area contributed by atoms with E-state index in [2.05, 4.69) is 15.6 Å². The third-order valence-electron chi connectivity index (χ3n) is 2.38. The predicted octanol–water partition coefficient (Wildman–Crippen LogP) is 0.830. The van der Waals surface area contributed by atoms with E-state index in [1.54, 1.807) is 19.2 Å². The maximum Gasteiger partial charge on any atom is 0.326 e. The number of carboxylic acids is 2. The number of aryl methyl sites for hydroxylation is 1. The second-order valence-electron chi connectivity index (χ2n) is 4.17. The van der Waals surface area contributed by atoms with Crippen LogP contribution in [-0.4, -0.2) is 39.2 Å². The molecule has 20 heavy (non-hydrogen) atoms. The molecule has 0 aliphatic rings. The minimum atomic E-state index is -1.29. The van der Waals surface area contributed by atoms with Crippen LogP contribution < -0.4 is 10.6 Å². The first kappa shape index (κ1) is 15.4. The van der Waals surface area contributed by atoms with Gasteiger partial charge in [-0.3, -0.25) is 9.78 Å². The lowest BCUT2D eigenvalue weighted by molar-refractivity contribution is -0.140. The maximum absolute atomic E-state index is 11.6. The molecule has 0 aromatic carbocycles. The fourth-order valence-electron chi connectivity index (χ4n) is 1.47. The second kappa shape index (κ2) is 7.07. The van der Waals surface area contributed by atoms with Crippen molar-refractivity contribution in [1.82, 2.24) is 10.3 Å². The first-order valence-corrected chi connectivity index (χ1v) is 5.82. The van der Waals surface area contributed by atoms with Crippen molar-refractivity contribution in [2.45, 2.75) is 25.8 Å². The van der Waals surface area contributed by atoms with Crippen molar-refractivity contribution >= 4 is 23.7 Å².